The normalized spacial score (nSPS) is 17.3. The number of ether oxygens (including phenoxy) is 1. The third-order valence-corrected chi connectivity index (χ3v) is 5.44. The molecule has 0 spiro atoms. The minimum Gasteiger partial charge on any atom is -0.375 e. The maximum atomic E-state index is 12.6. The Morgan fingerprint density at radius 2 is 2.16 bits per heavy atom. The van der Waals surface area contributed by atoms with Crippen molar-refractivity contribution in [2.24, 2.45) is 4.99 Å². The van der Waals surface area contributed by atoms with Crippen LogP contribution in [0.3, 0.4) is 0 Å². The van der Waals surface area contributed by atoms with E-state index in [9.17, 15) is 13.2 Å². The quantitative estimate of drug-likeness (QED) is 0.316. The van der Waals surface area contributed by atoms with Gasteiger partial charge in [-0.05, 0) is 18.6 Å². The second-order valence-corrected chi connectivity index (χ2v) is 7.82. The molecule has 0 aliphatic carbocycles. The largest absolute Gasteiger partial charge is 0.434 e. The first-order valence-corrected chi connectivity index (χ1v) is 10.5. The molecule has 0 amide bonds. The Hall–Kier alpha value is -1.67. The van der Waals surface area contributed by atoms with Gasteiger partial charge in [-0.3, -0.25) is 4.99 Å². The number of thiazole rings is 1. The molecule has 1 aliphatic heterocycles. The zero-order valence-electron chi connectivity index (χ0n) is 17.3. The number of halogens is 4. The molecule has 7 nitrogen and oxygen atoms in total. The van der Waals surface area contributed by atoms with Gasteiger partial charge in [0.1, 0.15) is 5.82 Å². The molecule has 172 valence electrons. The van der Waals surface area contributed by atoms with Crippen LogP contribution in [0.4, 0.5) is 19.0 Å². The van der Waals surface area contributed by atoms with E-state index in [1.165, 1.54) is 0 Å². The average Bonchev–Trinajstić information content (AvgIpc) is 3.20. The number of nitrogens with zero attached hydrogens (tertiary/aromatic N) is 4. The number of guanidine groups is 1. The number of rotatable bonds is 6. The lowest BCUT2D eigenvalue weighted by atomic mass is 10.2. The molecule has 1 fully saturated rings. The molecule has 1 saturated heterocycles. The van der Waals surface area contributed by atoms with Crippen LogP contribution in [-0.2, 0) is 23.9 Å². The van der Waals surface area contributed by atoms with Gasteiger partial charge in [0.2, 0.25) is 0 Å². The lowest BCUT2D eigenvalue weighted by Crippen LogP contribution is -2.41. The summed E-state index contributed by atoms with van der Waals surface area (Å²) >= 11 is 1.01. The molecule has 3 rings (SSSR count). The summed E-state index contributed by atoms with van der Waals surface area (Å²) < 4.78 is 43.4. The fraction of sp³-hybridized carbons (Fsp3) is 0.526. The molecule has 0 radical (unpaired) electrons. The van der Waals surface area contributed by atoms with Crippen molar-refractivity contribution in [3.05, 3.63) is 40.0 Å². The first kappa shape index (κ1) is 25.6. The van der Waals surface area contributed by atoms with Crippen molar-refractivity contribution in [1.29, 1.82) is 0 Å². The van der Waals surface area contributed by atoms with Crippen molar-refractivity contribution in [2.75, 3.05) is 38.2 Å². The Balaban J connectivity index is 0.00000341. The van der Waals surface area contributed by atoms with Crippen molar-refractivity contribution >= 4 is 47.1 Å². The Bertz CT molecular complexity index is 846. The van der Waals surface area contributed by atoms with Gasteiger partial charge < -0.3 is 20.3 Å². The SMILES string of the molecule is CN=C(NCCc1nc(C(F)(F)F)cs1)NCc1ccc(N2CCOC(C)C2)nc1.I. The van der Waals surface area contributed by atoms with E-state index in [1.807, 2.05) is 25.3 Å². The highest BCUT2D eigenvalue weighted by molar-refractivity contribution is 14.0. The number of alkyl halides is 3. The topological polar surface area (TPSA) is 74.7 Å². The van der Waals surface area contributed by atoms with Crippen molar-refractivity contribution in [2.45, 2.75) is 32.2 Å². The molecule has 2 N–H and O–H groups in total. The highest BCUT2D eigenvalue weighted by Crippen LogP contribution is 2.30. The summed E-state index contributed by atoms with van der Waals surface area (Å²) in [5.41, 5.74) is 0.158. The number of nitrogens with one attached hydrogen (secondary N) is 2. The number of morpholine rings is 1. The van der Waals surface area contributed by atoms with Crippen molar-refractivity contribution < 1.29 is 17.9 Å². The molecular weight excluding hydrogens is 544 g/mol. The first-order valence-electron chi connectivity index (χ1n) is 9.62. The van der Waals surface area contributed by atoms with Gasteiger partial charge in [-0.2, -0.15) is 13.2 Å². The zero-order valence-corrected chi connectivity index (χ0v) is 20.4. The van der Waals surface area contributed by atoms with Crippen molar-refractivity contribution in [1.82, 2.24) is 20.6 Å². The summed E-state index contributed by atoms with van der Waals surface area (Å²) in [6.07, 6.45) is -2.00. The average molecular weight is 570 g/mol. The highest BCUT2D eigenvalue weighted by atomic mass is 127. The summed E-state index contributed by atoms with van der Waals surface area (Å²) in [7, 11) is 1.64. The van der Waals surface area contributed by atoms with Crippen LogP contribution in [0.5, 0.6) is 0 Å². The monoisotopic (exact) mass is 570 g/mol. The van der Waals surface area contributed by atoms with Crippen LogP contribution in [0, 0.1) is 0 Å². The number of aromatic nitrogens is 2. The number of pyridine rings is 1. The Kier molecular flexibility index (Phi) is 9.75. The maximum absolute atomic E-state index is 12.6. The number of aliphatic imine (C=N–C) groups is 1. The number of anilines is 1. The van der Waals surface area contributed by atoms with Gasteiger partial charge in [0, 0.05) is 51.2 Å². The molecule has 31 heavy (non-hydrogen) atoms. The number of hydrogen-bond acceptors (Lipinski definition) is 6. The third kappa shape index (κ3) is 7.75. The van der Waals surface area contributed by atoms with E-state index in [4.69, 9.17) is 4.74 Å². The van der Waals surface area contributed by atoms with E-state index in [0.29, 0.717) is 37.1 Å². The second kappa shape index (κ2) is 11.8. The molecule has 0 saturated carbocycles. The fourth-order valence-corrected chi connectivity index (χ4v) is 3.79. The summed E-state index contributed by atoms with van der Waals surface area (Å²) in [5.74, 6) is 1.49. The second-order valence-electron chi connectivity index (χ2n) is 6.88. The van der Waals surface area contributed by atoms with Crippen LogP contribution in [0.2, 0.25) is 0 Å². The van der Waals surface area contributed by atoms with Gasteiger partial charge >= 0.3 is 6.18 Å². The maximum Gasteiger partial charge on any atom is 0.434 e. The van der Waals surface area contributed by atoms with E-state index in [2.05, 4.69) is 30.5 Å². The Labute approximate surface area is 200 Å². The van der Waals surface area contributed by atoms with E-state index < -0.39 is 11.9 Å². The standard InChI is InChI=1S/C19H25F3N6OS.HI/c1-13-11-28(7-8-29-13)16-4-3-14(9-25-16)10-26-18(23-2)24-6-5-17-27-15(12-30-17)19(20,21)22;/h3-4,9,12-13H,5-8,10-11H2,1-2H3,(H2,23,24,26);1H. The number of hydrogen-bond donors (Lipinski definition) is 2. The fourth-order valence-electron chi connectivity index (χ4n) is 2.98. The van der Waals surface area contributed by atoms with Gasteiger partial charge in [0.05, 0.1) is 17.7 Å². The molecule has 0 bridgehead atoms. The van der Waals surface area contributed by atoms with Crippen LogP contribution < -0.4 is 15.5 Å². The van der Waals surface area contributed by atoms with Crippen LogP contribution >= 0.6 is 35.3 Å². The van der Waals surface area contributed by atoms with Gasteiger partial charge in [0.15, 0.2) is 11.7 Å². The van der Waals surface area contributed by atoms with Gasteiger partial charge in [-0.25, -0.2) is 9.97 Å². The van der Waals surface area contributed by atoms with Crippen molar-refractivity contribution in [3.63, 3.8) is 0 Å². The zero-order chi connectivity index (χ0) is 21.6. The van der Waals surface area contributed by atoms with E-state index in [-0.39, 0.29) is 30.1 Å². The predicted molar refractivity (Wildman–Crippen MR) is 126 cm³/mol. The van der Waals surface area contributed by atoms with E-state index in [1.54, 1.807) is 7.05 Å². The van der Waals surface area contributed by atoms with E-state index >= 15 is 0 Å². The Morgan fingerprint density at radius 1 is 1.35 bits per heavy atom. The summed E-state index contributed by atoms with van der Waals surface area (Å²) in [5, 5.41) is 7.73. The molecule has 1 atom stereocenters. The third-order valence-electron chi connectivity index (χ3n) is 4.53. The first-order chi connectivity index (χ1) is 14.3. The van der Waals surface area contributed by atoms with Gasteiger partial charge in [-0.15, -0.1) is 35.3 Å². The molecular formula is C19H26F3IN6OS. The smallest absolute Gasteiger partial charge is 0.375 e. The predicted octanol–water partition coefficient (Wildman–Crippen LogP) is 3.31. The summed E-state index contributed by atoms with van der Waals surface area (Å²) in [6, 6.07) is 4.00. The summed E-state index contributed by atoms with van der Waals surface area (Å²) in [4.78, 5) is 14.5. The van der Waals surface area contributed by atoms with Crippen LogP contribution in [0.25, 0.3) is 0 Å². The lowest BCUT2D eigenvalue weighted by Gasteiger charge is -2.32. The molecule has 12 heteroatoms. The summed E-state index contributed by atoms with van der Waals surface area (Å²) in [6.45, 7) is 5.36. The molecule has 2 aromatic rings. The van der Waals surface area contributed by atoms with Gasteiger partial charge in [-0.1, -0.05) is 6.07 Å². The lowest BCUT2D eigenvalue weighted by molar-refractivity contribution is -0.140. The molecule has 2 aromatic heterocycles. The Morgan fingerprint density at radius 3 is 2.77 bits per heavy atom. The molecule has 1 unspecified atom stereocenters. The van der Waals surface area contributed by atoms with Crippen LogP contribution in [-0.4, -0.2) is 55.3 Å². The van der Waals surface area contributed by atoms with Gasteiger partial charge in [0.25, 0.3) is 0 Å². The van der Waals surface area contributed by atoms with Crippen LogP contribution in [0.15, 0.2) is 28.7 Å². The molecule has 0 aromatic carbocycles. The highest BCUT2D eigenvalue weighted by Gasteiger charge is 2.33. The van der Waals surface area contributed by atoms with Crippen molar-refractivity contribution in [3.8, 4) is 0 Å². The van der Waals surface area contributed by atoms with Crippen LogP contribution in [0.1, 0.15) is 23.2 Å². The molecule has 1 aliphatic rings. The molecule has 3 heterocycles. The van der Waals surface area contributed by atoms with E-state index in [0.717, 1.165) is 41.2 Å². The minimum atomic E-state index is -4.40. The minimum absolute atomic E-state index is 0.